The number of hydrogen-bond acceptors (Lipinski definition) is 4. The minimum Gasteiger partial charge on any atom is -0.374 e. The molecule has 92 valence electrons. The van der Waals surface area contributed by atoms with Gasteiger partial charge in [0.25, 0.3) is 0 Å². The molecule has 0 aliphatic carbocycles. The molecule has 4 heteroatoms. The van der Waals surface area contributed by atoms with Gasteiger partial charge in [0.15, 0.2) is 0 Å². The van der Waals surface area contributed by atoms with Gasteiger partial charge in [-0.3, -0.25) is 0 Å². The highest BCUT2D eigenvalue weighted by molar-refractivity contribution is 7.11. The summed E-state index contributed by atoms with van der Waals surface area (Å²) in [5.74, 6) is 0. The molecule has 0 bridgehead atoms. The molecule has 2 unspecified atom stereocenters. The lowest BCUT2D eigenvalue weighted by molar-refractivity contribution is 0.0947. The average molecular weight is 242 g/mol. The number of nitrogens with one attached hydrogen (secondary N) is 1. The van der Waals surface area contributed by atoms with Crippen molar-refractivity contribution < 1.29 is 4.74 Å². The summed E-state index contributed by atoms with van der Waals surface area (Å²) in [6.07, 6.45) is 4.29. The van der Waals surface area contributed by atoms with Crippen LogP contribution in [-0.2, 0) is 4.74 Å². The first-order chi connectivity index (χ1) is 7.72. The van der Waals surface area contributed by atoms with Crippen LogP contribution in [0.2, 0.25) is 0 Å². The normalized spacial score (nSPS) is 15.0. The molecule has 0 radical (unpaired) electrons. The van der Waals surface area contributed by atoms with Gasteiger partial charge in [0.05, 0.1) is 0 Å². The molecule has 0 saturated carbocycles. The molecular weight excluding hydrogens is 220 g/mol. The molecule has 0 fully saturated rings. The van der Waals surface area contributed by atoms with E-state index >= 15 is 0 Å². The Morgan fingerprint density at radius 1 is 1.50 bits per heavy atom. The lowest BCUT2D eigenvalue weighted by Gasteiger charge is -2.11. The molecule has 1 rings (SSSR count). The summed E-state index contributed by atoms with van der Waals surface area (Å²) in [6.45, 7) is 7.44. The molecule has 0 aromatic carbocycles. The number of thiazole rings is 1. The zero-order valence-corrected chi connectivity index (χ0v) is 11.4. The molecule has 0 aliphatic rings. The van der Waals surface area contributed by atoms with Crippen LogP contribution in [0.25, 0.3) is 0 Å². The third kappa shape index (κ3) is 3.54. The van der Waals surface area contributed by atoms with Gasteiger partial charge in [-0.05, 0) is 19.9 Å². The van der Waals surface area contributed by atoms with Crippen LogP contribution in [-0.4, -0.2) is 18.6 Å². The van der Waals surface area contributed by atoms with E-state index in [-0.39, 0.29) is 6.10 Å². The first-order valence-electron chi connectivity index (χ1n) is 5.94. The SMILES string of the molecule is CCCC(OC)c1ncc(C(C)NCC)s1. The van der Waals surface area contributed by atoms with Gasteiger partial charge in [-0.1, -0.05) is 20.3 Å². The van der Waals surface area contributed by atoms with E-state index < -0.39 is 0 Å². The van der Waals surface area contributed by atoms with E-state index in [9.17, 15) is 0 Å². The van der Waals surface area contributed by atoms with Crippen molar-refractivity contribution in [1.82, 2.24) is 10.3 Å². The molecule has 3 nitrogen and oxygen atoms in total. The van der Waals surface area contributed by atoms with Gasteiger partial charge in [0.1, 0.15) is 11.1 Å². The van der Waals surface area contributed by atoms with Crippen molar-refractivity contribution in [1.29, 1.82) is 0 Å². The van der Waals surface area contributed by atoms with Crippen molar-refractivity contribution >= 4 is 11.3 Å². The maximum Gasteiger partial charge on any atom is 0.122 e. The zero-order valence-electron chi connectivity index (χ0n) is 10.6. The molecule has 0 saturated heterocycles. The number of nitrogens with zero attached hydrogens (tertiary/aromatic N) is 1. The fourth-order valence-electron chi connectivity index (χ4n) is 1.66. The summed E-state index contributed by atoms with van der Waals surface area (Å²) >= 11 is 1.75. The predicted molar refractivity (Wildman–Crippen MR) is 68.9 cm³/mol. The Kier molecular flexibility index (Phi) is 5.95. The lowest BCUT2D eigenvalue weighted by Crippen LogP contribution is -2.16. The minimum absolute atomic E-state index is 0.164. The lowest BCUT2D eigenvalue weighted by atomic mass is 10.2. The molecule has 0 aliphatic heterocycles. The highest BCUT2D eigenvalue weighted by Crippen LogP contribution is 2.29. The van der Waals surface area contributed by atoms with E-state index in [1.165, 1.54) is 4.88 Å². The summed E-state index contributed by atoms with van der Waals surface area (Å²) in [4.78, 5) is 5.75. The maximum atomic E-state index is 5.46. The number of hydrogen-bond donors (Lipinski definition) is 1. The molecule has 1 aromatic rings. The Bertz CT molecular complexity index is 301. The smallest absolute Gasteiger partial charge is 0.122 e. The number of ether oxygens (including phenoxy) is 1. The van der Waals surface area contributed by atoms with Gasteiger partial charge in [-0.15, -0.1) is 11.3 Å². The van der Waals surface area contributed by atoms with Gasteiger partial charge < -0.3 is 10.1 Å². The van der Waals surface area contributed by atoms with Crippen LogP contribution < -0.4 is 5.32 Å². The van der Waals surface area contributed by atoms with E-state index in [2.05, 4.69) is 31.1 Å². The van der Waals surface area contributed by atoms with Gasteiger partial charge in [0, 0.05) is 24.2 Å². The third-order valence-corrected chi connectivity index (χ3v) is 3.86. The van der Waals surface area contributed by atoms with Gasteiger partial charge in [-0.25, -0.2) is 4.98 Å². The molecular formula is C12H22N2OS. The molecule has 1 N–H and O–H groups in total. The zero-order chi connectivity index (χ0) is 12.0. The Labute approximate surface area is 102 Å². The minimum atomic E-state index is 0.164. The van der Waals surface area contributed by atoms with E-state index in [0.717, 1.165) is 24.4 Å². The number of methoxy groups -OCH3 is 1. The maximum absolute atomic E-state index is 5.46. The molecule has 0 spiro atoms. The summed E-state index contributed by atoms with van der Waals surface area (Å²) in [5.41, 5.74) is 0. The second-order valence-electron chi connectivity index (χ2n) is 3.89. The summed E-state index contributed by atoms with van der Waals surface area (Å²) in [5, 5.41) is 4.49. The van der Waals surface area contributed by atoms with Gasteiger partial charge in [0.2, 0.25) is 0 Å². The van der Waals surface area contributed by atoms with Crippen LogP contribution >= 0.6 is 11.3 Å². The summed E-state index contributed by atoms with van der Waals surface area (Å²) in [7, 11) is 1.76. The standard InChI is InChI=1S/C12H22N2OS/c1-5-7-10(15-4)12-14-8-11(16-12)9(3)13-6-2/h8-10,13H,5-7H2,1-4H3. The van der Waals surface area contributed by atoms with Crippen molar-refractivity contribution in [2.75, 3.05) is 13.7 Å². The third-order valence-electron chi connectivity index (χ3n) is 2.59. The van der Waals surface area contributed by atoms with Crippen LogP contribution in [0.4, 0.5) is 0 Å². The second kappa shape index (κ2) is 6.99. The highest BCUT2D eigenvalue weighted by atomic mass is 32.1. The van der Waals surface area contributed by atoms with Gasteiger partial charge >= 0.3 is 0 Å². The first kappa shape index (κ1) is 13.6. The summed E-state index contributed by atoms with van der Waals surface area (Å²) < 4.78 is 5.46. The van der Waals surface area contributed by atoms with E-state index in [4.69, 9.17) is 4.74 Å². The summed E-state index contributed by atoms with van der Waals surface area (Å²) in [6, 6.07) is 0.385. The molecule has 1 aromatic heterocycles. The molecule has 2 atom stereocenters. The fraction of sp³-hybridized carbons (Fsp3) is 0.750. The average Bonchev–Trinajstić information content (AvgIpc) is 2.75. The van der Waals surface area contributed by atoms with E-state index in [1.54, 1.807) is 18.4 Å². The van der Waals surface area contributed by atoms with Crippen LogP contribution in [0, 0.1) is 0 Å². The fourth-order valence-corrected chi connectivity index (χ4v) is 2.72. The van der Waals surface area contributed by atoms with Crippen molar-refractivity contribution in [3.05, 3.63) is 16.1 Å². The Morgan fingerprint density at radius 2 is 2.25 bits per heavy atom. The van der Waals surface area contributed by atoms with Crippen LogP contribution in [0.1, 0.15) is 55.6 Å². The molecule has 16 heavy (non-hydrogen) atoms. The topological polar surface area (TPSA) is 34.1 Å². The largest absolute Gasteiger partial charge is 0.374 e. The Hall–Kier alpha value is -0.450. The van der Waals surface area contributed by atoms with Crippen LogP contribution in [0.5, 0.6) is 0 Å². The van der Waals surface area contributed by atoms with Crippen molar-refractivity contribution in [3.8, 4) is 0 Å². The number of rotatable bonds is 7. The predicted octanol–water partition coefficient (Wildman–Crippen LogP) is 3.30. The highest BCUT2D eigenvalue weighted by Gasteiger charge is 2.15. The molecule has 1 heterocycles. The molecule has 0 amide bonds. The Balaban J connectivity index is 2.68. The van der Waals surface area contributed by atoms with Crippen LogP contribution in [0.3, 0.4) is 0 Å². The van der Waals surface area contributed by atoms with Gasteiger partial charge in [-0.2, -0.15) is 0 Å². The van der Waals surface area contributed by atoms with E-state index in [1.807, 2.05) is 6.20 Å². The monoisotopic (exact) mass is 242 g/mol. The number of aromatic nitrogens is 1. The van der Waals surface area contributed by atoms with E-state index in [0.29, 0.717) is 6.04 Å². The quantitative estimate of drug-likeness (QED) is 0.796. The van der Waals surface area contributed by atoms with Crippen molar-refractivity contribution in [2.45, 2.75) is 45.8 Å². The Morgan fingerprint density at radius 3 is 2.81 bits per heavy atom. The van der Waals surface area contributed by atoms with Crippen molar-refractivity contribution in [2.24, 2.45) is 0 Å². The van der Waals surface area contributed by atoms with Crippen molar-refractivity contribution in [3.63, 3.8) is 0 Å². The first-order valence-corrected chi connectivity index (χ1v) is 6.76. The van der Waals surface area contributed by atoms with Crippen LogP contribution in [0.15, 0.2) is 6.20 Å². The second-order valence-corrected chi connectivity index (χ2v) is 4.99.